The monoisotopic (exact) mass is 395 g/mol. The van der Waals surface area contributed by atoms with Crippen molar-refractivity contribution in [3.05, 3.63) is 90.0 Å². The molecule has 0 saturated heterocycles. The second kappa shape index (κ2) is 8.01. The van der Waals surface area contributed by atoms with Crippen LogP contribution in [0.25, 0.3) is 11.6 Å². The standard InChI is InChI=1S/C20H11ClFN3OS/c21-16-7-4-8-17(22)15(16)9-18-19(26)25(12-13-5-2-1-3-6-13)20(27-18)14(10-23)11-24/h1-9H,12H2/b18-9-. The summed E-state index contributed by atoms with van der Waals surface area (Å²) in [6, 6.07) is 17.1. The first-order chi connectivity index (χ1) is 13.0. The van der Waals surface area contributed by atoms with E-state index in [0.717, 1.165) is 16.9 Å². The van der Waals surface area contributed by atoms with Crippen molar-refractivity contribution in [2.24, 2.45) is 0 Å². The number of nitrogens with zero attached hydrogens (tertiary/aromatic N) is 3. The largest absolute Gasteiger partial charge is 0.293 e. The van der Waals surface area contributed by atoms with E-state index < -0.39 is 11.4 Å². The van der Waals surface area contributed by atoms with E-state index in [4.69, 9.17) is 11.6 Å². The molecular weight excluding hydrogens is 385 g/mol. The van der Waals surface area contributed by atoms with Crippen LogP contribution in [0.2, 0.25) is 5.02 Å². The van der Waals surface area contributed by atoms with Gasteiger partial charge in [0.05, 0.1) is 16.1 Å². The summed E-state index contributed by atoms with van der Waals surface area (Å²) in [5.41, 5.74) is 0.337. The molecule has 0 bridgehead atoms. The number of hydrogen-bond donors (Lipinski definition) is 0. The van der Waals surface area contributed by atoms with Gasteiger partial charge in [0.2, 0.25) is 0 Å². The van der Waals surface area contributed by atoms with E-state index in [1.807, 2.05) is 42.5 Å². The molecule has 0 unspecified atom stereocenters. The van der Waals surface area contributed by atoms with Crippen molar-refractivity contribution in [2.75, 3.05) is 0 Å². The number of aromatic nitrogens is 1. The first-order valence-electron chi connectivity index (χ1n) is 7.79. The Kier molecular flexibility index (Phi) is 5.52. The Morgan fingerprint density at radius 2 is 1.85 bits per heavy atom. The fourth-order valence-electron chi connectivity index (χ4n) is 2.52. The lowest BCUT2D eigenvalue weighted by Crippen LogP contribution is -2.32. The zero-order valence-electron chi connectivity index (χ0n) is 13.8. The van der Waals surface area contributed by atoms with Crippen LogP contribution in [0.3, 0.4) is 0 Å². The van der Waals surface area contributed by atoms with Crippen molar-refractivity contribution in [1.82, 2.24) is 4.57 Å². The molecule has 132 valence electrons. The van der Waals surface area contributed by atoms with Crippen LogP contribution in [-0.4, -0.2) is 4.57 Å². The van der Waals surface area contributed by atoms with Crippen molar-refractivity contribution in [3.63, 3.8) is 0 Å². The van der Waals surface area contributed by atoms with Crippen molar-refractivity contribution in [2.45, 2.75) is 6.54 Å². The Morgan fingerprint density at radius 1 is 1.15 bits per heavy atom. The molecule has 0 amide bonds. The molecule has 0 radical (unpaired) electrons. The highest BCUT2D eigenvalue weighted by atomic mass is 35.5. The van der Waals surface area contributed by atoms with Crippen LogP contribution < -0.4 is 14.8 Å². The van der Waals surface area contributed by atoms with Gasteiger partial charge in [0.25, 0.3) is 5.56 Å². The predicted octanol–water partition coefficient (Wildman–Crippen LogP) is 2.78. The van der Waals surface area contributed by atoms with Gasteiger partial charge in [-0.05, 0) is 23.8 Å². The average Bonchev–Trinajstić information content (AvgIpc) is 2.96. The van der Waals surface area contributed by atoms with Crippen molar-refractivity contribution in [1.29, 1.82) is 10.5 Å². The van der Waals surface area contributed by atoms with Gasteiger partial charge in [-0.3, -0.25) is 9.36 Å². The topological polar surface area (TPSA) is 69.6 Å². The van der Waals surface area contributed by atoms with Crippen LogP contribution in [0.1, 0.15) is 11.1 Å². The third-order valence-corrected chi connectivity index (χ3v) is 5.26. The van der Waals surface area contributed by atoms with Gasteiger partial charge >= 0.3 is 0 Å². The lowest BCUT2D eigenvalue weighted by molar-refractivity contribution is 0.625. The number of nitriles is 2. The summed E-state index contributed by atoms with van der Waals surface area (Å²) in [5.74, 6) is -0.559. The number of halogens is 2. The Labute approximate surface area is 162 Å². The fourth-order valence-corrected chi connectivity index (χ4v) is 3.77. The number of benzene rings is 2. The van der Waals surface area contributed by atoms with Gasteiger partial charge in [-0.15, -0.1) is 11.3 Å². The summed E-state index contributed by atoms with van der Waals surface area (Å²) < 4.78 is 15.9. The summed E-state index contributed by atoms with van der Waals surface area (Å²) in [5, 5.41) is 18.6. The normalized spacial score (nSPS) is 11.0. The maximum atomic E-state index is 14.1. The molecule has 7 heteroatoms. The molecule has 3 rings (SSSR count). The predicted molar refractivity (Wildman–Crippen MR) is 103 cm³/mol. The highest BCUT2D eigenvalue weighted by molar-refractivity contribution is 7.07. The molecule has 0 aliphatic heterocycles. The Hall–Kier alpha value is -3.19. The van der Waals surface area contributed by atoms with Gasteiger partial charge in [-0.2, -0.15) is 10.5 Å². The second-order valence-electron chi connectivity index (χ2n) is 5.53. The van der Waals surface area contributed by atoms with Gasteiger partial charge in [0.15, 0.2) is 5.57 Å². The van der Waals surface area contributed by atoms with E-state index in [1.54, 1.807) is 0 Å². The van der Waals surface area contributed by atoms with Gasteiger partial charge < -0.3 is 0 Å². The molecule has 27 heavy (non-hydrogen) atoms. The minimum atomic E-state index is -0.559. The molecule has 0 N–H and O–H groups in total. The minimum absolute atomic E-state index is 0.0893. The van der Waals surface area contributed by atoms with Gasteiger partial charge in [-0.1, -0.05) is 48.0 Å². The molecule has 0 spiro atoms. The van der Waals surface area contributed by atoms with E-state index in [9.17, 15) is 19.7 Å². The van der Waals surface area contributed by atoms with Crippen LogP contribution in [-0.2, 0) is 6.54 Å². The highest BCUT2D eigenvalue weighted by Crippen LogP contribution is 2.19. The molecule has 0 saturated carbocycles. The lowest BCUT2D eigenvalue weighted by Gasteiger charge is -2.02. The van der Waals surface area contributed by atoms with Crippen molar-refractivity contribution < 1.29 is 4.39 Å². The molecule has 1 heterocycles. The molecule has 0 aliphatic carbocycles. The number of hydrogen-bond acceptors (Lipinski definition) is 4. The van der Waals surface area contributed by atoms with E-state index in [-0.39, 0.29) is 31.9 Å². The Bertz CT molecular complexity index is 1230. The third-order valence-electron chi connectivity index (χ3n) is 3.80. The third kappa shape index (κ3) is 3.83. The van der Waals surface area contributed by atoms with E-state index in [2.05, 4.69) is 0 Å². The quantitative estimate of drug-likeness (QED) is 0.684. The molecule has 3 aromatic rings. The average molecular weight is 396 g/mol. The van der Waals surface area contributed by atoms with E-state index in [0.29, 0.717) is 0 Å². The van der Waals surface area contributed by atoms with E-state index in [1.165, 1.54) is 28.8 Å². The van der Waals surface area contributed by atoms with Crippen LogP contribution in [0.5, 0.6) is 0 Å². The highest BCUT2D eigenvalue weighted by Gasteiger charge is 2.11. The van der Waals surface area contributed by atoms with Crippen molar-refractivity contribution >= 4 is 34.6 Å². The van der Waals surface area contributed by atoms with Gasteiger partial charge in [0, 0.05) is 5.56 Å². The molecule has 2 aromatic carbocycles. The summed E-state index contributed by atoms with van der Waals surface area (Å²) in [6.07, 6.45) is 1.35. The smallest absolute Gasteiger partial charge is 0.269 e. The van der Waals surface area contributed by atoms with Crippen LogP contribution in [0.15, 0.2) is 53.3 Å². The molecule has 0 atom stereocenters. The van der Waals surface area contributed by atoms with Gasteiger partial charge in [-0.25, -0.2) is 4.39 Å². The molecular formula is C20H11ClFN3OS. The van der Waals surface area contributed by atoms with Crippen LogP contribution in [0, 0.1) is 28.5 Å². The van der Waals surface area contributed by atoms with Crippen LogP contribution >= 0.6 is 22.9 Å². The molecule has 0 fully saturated rings. The summed E-state index contributed by atoms with van der Waals surface area (Å²) >= 11 is 7.00. The van der Waals surface area contributed by atoms with Crippen molar-refractivity contribution in [3.8, 4) is 12.1 Å². The zero-order chi connectivity index (χ0) is 19.4. The first kappa shape index (κ1) is 18.6. The Balaban J connectivity index is 2.31. The lowest BCUT2D eigenvalue weighted by atomic mass is 10.2. The molecule has 4 nitrogen and oxygen atoms in total. The summed E-state index contributed by atoms with van der Waals surface area (Å²) in [6.45, 7) is 0.192. The molecule has 1 aromatic heterocycles. The Morgan fingerprint density at radius 3 is 2.48 bits per heavy atom. The SMILES string of the molecule is N#CC(C#N)=c1s/c(=C\c2c(F)cccc2Cl)c(=O)n1Cc1ccccc1. The van der Waals surface area contributed by atoms with E-state index >= 15 is 0 Å². The molecule has 0 aliphatic rings. The van der Waals surface area contributed by atoms with Crippen LogP contribution in [0.4, 0.5) is 4.39 Å². The summed E-state index contributed by atoms with van der Waals surface area (Å²) in [7, 11) is 0. The first-order valence-corrected chi connectivity index (χ1v) is 8.98. The number of thiazole rings is 1. The maximum Gasteiger partial charge on any atom is 0.269 e. The minimum Gasteiger partial charge on any atom is -0.293 e. The number of rotatable bonds is 3. The fraction of sp³-hybridized carbons (Fsp3) is 0.0500. The maximum absolute atomic E-state index is 14.1. The summed E-state index contributed by atoms with van der Waals surface area (Å²) in [4.78, 5) is 12.9. The van der Waals surface area contributed by atoms with Gasteiger partial charge in [0.1, 0.15) is 22.6 Å². The second-order valence-corrected chi connectivity index (χ2v) is 6.96. The zero-order valence-corrected chi connectivity index (χ0v) is 15.4.